The van der Waals surface area contributed by atoms with Gasteiger partial charge in [0.15, 0.2) is 0 Å². The molecule has 0 aliphatic carbocycles. The lowest BCUT2D eigenvalue weighted by atomic mass is 9.64. The predicted octanol–water partition coefficient (Wildman–Crippen LogP) is 2.28. The van der Waals surface area contributed by atoms with E-state index in [9.17, 15) is 5.11 Å². The van der Waals surface area contributed by atoms with Gasteiger partial charge < -0.3 is 5.11 Å². The molecule has 2 fully saturated rings. The maximum Gasteiger partial charge on any atom is 0.0795 e. The number of likely N-dealkylation sites (tertiary alicyclic amines) is 2. The molecule has 2 aromatic rings. The minimum Gasteiger partial charge on any atom is -0.396 e. The zero-order valence-corrected chi connectivity index (χ0v) is 17.3. The van der Waals surface area contributed by atoms with Crippen LogP contribution in [0.2, 0.25) is 0 Å². The van der Waals surface area contributed by atoms with Crippen molar-refractivity contribution in [3.8, 4) is 0 Å². The summed E-state index contributed by atoms with van der Waals surface area (Å²) < 4.78 is 1.91. The number of piperidine rings is 2. The van der Waals surface area contributed by atoms with Crippen LogP contribution < -0.4 is 0 Å². The molecule has 148 valence electrons. The highest BCUT2D eigenvalue weighted by Crippen LogP contribution is 2.45. The zero-order valence-electron chi connectivity index (χ0n) is 16.5. The van der Waals surface area contributed by atoms with Crippen LogP contribution in [0, 0.1) is 18.3 Å². The van der Waals surface area contributed by atoms with E-state index in [1.807, 2.05) is 17.2 Å². The van der Waals surface area contributed by atoms with Crippen LogP contribution in [0.15, 0.2) is 17.1 Å². The van der Waals surface area contributed by atoms with E-state index in [-0.39, 0.29) is 0 Å². The normalized spacial score (nSPS) is 23.9. The van der Waals surface area contributed by atoms with E-state index in [4.69, 9.17) is 0 Å². The molecule has 0 radical (unpaired) electrons. The summed E-state index contributed by atoms with van der Waals surface area (Å²) in [6, 6.07) is 0. The van der Waals surface area contributed by atoms with Gasteiger partial charge in [0.05, 0.1) is 16.9 Å². The highest BCUT2D eigenvalue weighted by molar-refractivity contribution is 7.07. The summed E-state index contributed by atoms with van der Waals surface area (Å²) in [7, 11) is 1.99. The third-order valence-electron chi connectivity index (χ3n) is 6.72. The molecule has 2 aromatic heterocycles. The van der Waals surface area contributed by atoms with E-state index in [0.717, 1.165) is 50.7 Å². The second-order valence-electron chi connectivity index (χ2n) is 8.40. The van der Waals surface area contributed by atoms with Crippen molar-refractivity contribution in [2.75, 3.05) is 32.8 Å². The van der Waals surface area contributed by atoms with E-state index in [0.29, 0.717) is 17.9 Å². The predicted molar refractivity (Wildman–Crippen MR) is 107 cm³/mol. The Morgan fingerprint density at radius 2 is 1.93 bits per heavy atom. The summed E-state index contributed by atoms with van der Waals surface area (Å²) >= 11 is 1.66. The largest absolute Gasteiger partial charge is 0.396 e. The second-order valence-corrected chi connectivity index (χ2v) is 9.12. The summed E-state index contributed by atoms with van der Waals surface area (Å²) in [4.78, 5) is 9.46. The van der Waals surface area contributed by atoms with Crippen molar-refractivity contribution in [2.45, 2.75) is 39.3 Å². The molecular formula is C20H31N5OS. The highest BCUT2D eigenvalue weighted by atomic mass is 32.1. The average Bonchev–Trinajstić information content (AvgIpc) is 3.28. The Bertz CT molecular complexity index is 736. The monoisotopic (exact) mass is 389 g/mol. The number of rotatable bonds is 5. The van der Waals surface area contributed by atoms with Crippen LogP contribution in [-0.4, -0.2) is 62.5 Å². The first-order valence-corrected chi connectivity index (χ1v) is 10.9. The van der Waals surface area contributed by atoms with Crippen molar-refractivity contribution in [2.24, 2.45) is 18.4 Å². The van der Waals surface area contributed by atoms with Gasteiger partial charge in [-0.25, -0.2) is 4.98 Å². The summed E-state index contributed by atoms with van der Waals surface area (Å²) in [5.41, 5.74) is 5.86. The van der Waals surface area contributed by atoms with Gasteiger partial charge in [0, 0.05) is 56.3 Å². The quantitative estimate of drug-likeness (QED) is 0.850. The molecule has 0 bridgehead atoms. The van der Waals surface area contributed by atoms with Crippen molar-refractivity contribution in [1.29, 1.82) is 0 Å². The fourth-order valence-corrected chi connectivity index (χ4v) is 5.53. The molecule has 0 amide bonds. The van der Waals surface area contributed by atoms with E-state index in [1.165, 1.54) is 24.8 Å². The number of aromatic nitrogens is 3. The Morgan fingerprint density at radius 1 is 1.19 bits per heavy atom. The van der Waals surface area contributed by atoms with Crippen molar-refractivity contribution in [3.05, 3.63) is 34.0 Å². The maximum absolute atomic E-state index is 10.1. The third-order valence-corrected chi connectivity index (χ3v) is 7.36. The van der Waals surface area contributed by atoms with Crippen LogP contribution >= 0.6 is 11.3 Å². The lowest BCUT2D eigenvalue weighted by molar-refractivity contribution is -0.0452. The molecule has 2 saturated heterocycles. The van der Waals surface area contributed by atoms with Crippen LogP contribution in [0.1, 0.15) is 36.2 Å². The molecule has 2 aliphatic heterocycles. The van der Waals surface area contributed by atoms with Crippen molar-refractivity contribution in [1.82, 2.24) is 24.6 Å². The zero-order chi connectivity index (χ0) is 18.9. The molecule has 1 N–H and O–H groups in total. The molecule has 0 aromatic carbocycles. The van der Waals surface area contributed by atoms with Gasteiger partial charge >= 0.3 is 0 Å². The van der Waals surface area contributed by atoms with Gasteiger partial charge in [0.1, 0.15) is 0 Å². The number of hydrogen-bond acceptors (Lipinski definition) is 6. The van der Waals surface area contributed by atoms with E-state index in [2.05, 4.69) is 38.4 Å². The van der Waals surface area contributed by atoms with Gasteiger partial charge in [-0.15, -0.1) is 11.3 Å². The van der Waals surface area contributed by atoms with Gasteiger partial charge in [0.25, 0.3) is 0 Å². The minimum atomic E-state index is 0.301. The number of aliphatic hydroxyl groups excluding tert-OH is 1. The Morgan fingerprint density at radius 3 is 2.52 bits per heavy atom. The molecule has 6 nitrogen and oxygen atoms in total. The number of aryl methyl sites for hydroxylation is 2. The summed E-state index contributed by atoms with van der Waals surface area (Å²) in [6.07, 6.45) is 5.74. The van der Waals surface area contributed by atoms with Gasteiger partial charge in [-0.3, -0.25) is 14.5 Å². The van der Waals surface area contributed by atoms with Crippen LogP contribution in [-0.2, 0) is 20.1 Å². The molecule has 4 rings (SSSR count). The second kappa shape index (κ2) is 7.99. The van der Waals surface area contributed by atoms with Crippen LogP contribution in [0.3, 0.4) is 0 Å². The van der Waals surface area contributed by atoms with Gasteiger partial charge in [-0.1, -0.05) is 0 Å². The van der Waals surface area contributed by atoms with Crippen LogP contribution in [0.4, 0.5) is 0 Å². The molecule has 0 unspecified atom stereocenters. The molecule has 1 atom stereocenters. The highest BCUT2D eigenvalue weighted by Gasteiger charge is 2.44. The van der Waals surface area contributed by atoms with Crippen LogP contribution in [0.25, 0.3) is 0 Å². The van der Waals surface area contributed by atoms with Gasteiger partial charge in [-0.2, -0.15) is 5.10 Å². The Kier molecular flexibility index (Phi) is 5.64. The number of aliphatic hydroxyl groups is 1. The standard InChI is InChI=1S/C20H31N5OS/c1-16-17(9-23(2)22-16)10-24-6-3-20(4-7-24)5-8-25(11-18(20)13-26)12-19-14-27-15-21-19/h9,14-15,18,26H,3-8,10-13H2,1-2H3/t18-/m0/s1. The topological polar surface area (TPSA) is 57.4 Å². The molecule has 7 heteroatoms. The van der Waals surface area contributed by atoms with Gasteiger partial charge in [-0.05, 0) is 51.2 Å². The number of hydrogen-bond donors (Lipinski definition) is 1. The Hall–Kier alpha value is -1.28. The van der Waals surface area contributed by atoms with Crippen molar-refractivity contribution >= 4 is 11.3 Å². The third kappa shape index (κ3) is 4.11. The first-order valence-electron chi connectivity index (χ1n) is 10.00. The maximum atomic E-state index is 10.1. The number of thiazole rings is 1. The minimum absolute atomic E-state index is 0.301. The molecule has 4 heterocycles. The van der Waals surface area contributed by atoms with E-state index in [1.54, 1.807) is 11.3 Å². The molecule has 0 saturated carbocycles. The van der Waals surface area contributed by atoms with Crippen molar-refractivity contribution in [3.63, 3.8) is 0 Å². The van der Waals surface area contributed by atoms with Gasteiger partial charge in [0.2, 0.25) is 0 Å². The number of nitrogens with zero attached hydrogens (tertiary/aromatic N) is 5. The van der Waals surface area contributed by atoms with Crippen molar-refractivity contribution < 1.29 is 5.11 Å². The Balaban J connectivity index is 1.34. The van der Waals surface area contributed by atoms with E-state index >= 15 is 0 Å². The molecule has 27 heavy (non-hydrogen) atoms. The first kappa shape index (κ1) is 19.1. The lowest BCUT2D eigenvalue weighted by Gasteiger charge is -2.51. The molecule has 1 spiro atoms. The smallest absolute Gasteiger partial charge is 0.0795 e. The summed E-state index contributed by atoms with van der Waals surface area (Å²) in [6.45, 7) is 8.67. The first-order chi connectivity index (χ1) is 13.1. The lowest BCUT2D eigenvalue weighted by Crippen LogP contribution is -2.53. The van der Waals surface area contributed by atoms with E-state index < -0.39 is 0 Å². The average molecular weight is 390 g/mol. The Labute approximate surface area is 165 Å². The molecule has 2 aliphatic rings. The molecular weight excluding hydrogens is 358 g/mol. The summed E-state index contributed by atoms with van der Waals surface area (Å²) in [5, 5.41) is 16.7. The fraction of sp³-hybridized carbons (Fsp3) is 0.700. The van der Waals surface area contributed by atoms with Crippen LogP contribution in [0.5, 0.6) is 0 Å². The summed E-state index contributed by atoms with van der Waals surface area (Å²) in [5.74, 6) is 0.382. The fourth-order valence-electron chi connectivity index (χ4n) is 4.98. The SMILES string of the molecule is Cc1nn(C)cc1CN1CCC2(CC1)CCN(Cc1cscn1)C[C@H]2CO.